The summed E-state index contributed by atoms with van der Waals surface area (Å²) >= 11 is 11.8. The molecule has 96 valence electrons. The van der Waals surface area contributed by atoms with E-state index in [2.05, 4.69) is 4.98 Å². The van der Waals surface area contributed by atoms with Gasteiger partial charge in [0.25, 0.3) is 0 Å². The van der Waals surface area contributed by atoms with Gasteiger partial charge < -0.3 is 9.67 Å². The zero-order valence-corrected chi connectivity index (χ0v) is 11.6. The Morgan fingerprint density at radius 3 is 2.47 bits per heavy atom. The van der Waals surface area contributed by atoms with Crippen molar-refractivity contribution >= 4 is 34.2 Å². The lowest BCUT2D eigenvalue weighted by Gasteiger charge is -2.05. The van der Waals surface area contributed by atoms with Gasteiger partial charge in [-0.05, 0) is 36.4 Å². The number of benzene rings is 2. The number of aryl methyl sites for hydroxylation is 1. The fourth-order valence-electron chi connectivity index (χ4n) is 2.11. The second-order valence-electron chi connectivity index (χ2n) is 4.29. The molecule has 3 aromatic rings. The molecule has 0 aliphatic rings. The number of aromatic nitrogens is 2. The number of hydrogen-bond donors (Lipinski definition) is 1. The van der Waals surface area contributed by atoms with Gasteiger partial charge in [-0.2, -0.15) is 0 Å². The van der Waals surface area contributed by atoms with E-state index in [4.69, 9.17) is 23.2 Å². The Hall–Kier alpha value is -1.71. The molecule has 0 amide bonds. The first kappa shape index (κ1) is 12.3. The Morgan fingerprint density at radius 1 is 1.05 bits per heavy atom. The average Bonchev–Trinajstić information content (AvgIpc) is 2.66. The second-order valence-corrected chi connectivity index (χ2v) is 5.16. The van der Waals surface area contributed by atoms with E-state index in [1.54, 1.807) is 18.2 Å². The molecular weight excluding hydrogens is 283 g/mol. The van der Waals surface area contributed by atoms with Gasteiger partial charge in [-0.3, -0.25) is 0 Å². The van der Waals surface area contributed by atoms with E-state index in [-0.39, 0.29) is 5.75 Å². The number of halogens is 2. The third kappa shape index (κ3) is 2.05. The SMILES string of the molecule is Cn1c(-c2ccc(Cl)cc2O)nc2cc(Cl)ccc21. The van der Waals surface area contributed by atoms with Crippen molar-refractivity contribution in [2.45, 2.75) is 0 Å². The highest BCUT2D eigenvalue weighted by Crippen LogP contribution is 2.33. The number of fused-ring (bicyclic) bond motifs is 1. The van der Waals surface area contributed by atoms with E-state index < -0.39 is 0 Å². The second kappa shape index (κ2) is 4.44. The van der Waals surface area contributed by atoms with Crippen LogP contribution in [0, 0.1) is 0 Å². The predicted molar refractivity (Wildman–Crippen MR) is 77.8 cm³/mol. The van der Waals surface area contributed by atoms with Crippen molar-refractivity contribution in [3.05, 3.63) is 46.4 Å². The average molecular weight is 293 g/mol. The van der Waals surface area contributed by atoms with Crippen LogP contribution in [0.4, 0.5) is 0 Å². The van der Waals surface area contributed by atoms with Gasteiger partial charge in [0.1, 0.15) is 11.6 Å². The number of imidazole rings is 1. The maximum atomic E-state index is 9.99. The van der Waals surface area contributed by atoms with Crippen LogP contribution in [-0.4, -0.2) is 14.7 Å². The maximum absolute atomic E-state index is 9.99. The first-order chi connectivity index (χ1) is 9.06. The molecule has 1 N–H and O–H groups in total. The Balaban J connectivity index is 2.27. The van der Waals surface area contributed by atoms with Crippen molar-refractivity contribution in [2.24, 2.45) is 7.05 Å². The number of aromatic hydroxyl groups is 1. The van der Waals surface area contributed by atoms with E-state index >= 15 is 0 Å². The van der Waals surface area contributed by atoms with Crippen molar-refractivity contribution in [3.8, 4) is 17.1 Å². The lowest BCUT2D eigenvalue weighted by Crippen LogP contribution is -1.92. The highest BCUT2D eigenvalue weighted by atomic mass is 35.5. The molecule has 0 unspecified atom stereocenters. The summed E-state index contributed by atoms with van der Waals surface area (Å²) in [5.74, 6) is 0.781. The summed E-state index contributed by atoms with van der Waals surface area (Å²) in [5.41, 5.74) is 2.38. The van der Waals surface area contributed by atoms with Crippen LogP contribution in [0.25, 0.3) is 22.4 Å². The number of nitrogens with zero attached hydrogens (tertiary/aromatic N) is 2. The van der Waals surface area contributed by atoms with Gasteiger partial charge >= 0.3 is 0 Å². The van der Waals surface area contributed by atoms with Crippen LogP contribution >= 0.6 is 23.2 Å². The standard InChI is InChI=1S/C14H10Cl2N2O/c1-18-12-5-3-8(15)6-11(12)17-14(18)10-4-2-9(16)7-13(10)19/h2-7,19H,1H3. The van der Waals surface area contributed by atoms with E-state index in [0.717, 1.165) is 11.0 Å². The van der Waals surface area contributed by atoms with E-state index in [1.165, 1.54) is 6.07 Å². The zero-order chi connectivity index (χ0) is 13.6. The molecule has 0 saturated carbocycles. The molecule has 1 aromatic heterocycles. The molecule has 3 nitrogen and oxygen atoms in total. The minimum absolute atomic E-state index is 0.108. The van der Waals surface area contributed by atoms with Gasteiger partial charge in [-0.1, -0.05) is 23.2 Å². The summed E-state index contributed by atoms with van der Waals surface area (Å²) in [7, 11) is 1.90. The first-order valence-electron chi connectivity index (χ1n) is 5.67. The minimum atomic E-state index is 0.108. The molecule has 0 fully saturated rings. The van der Waals surface area contributed by atoms with E-state index in [9.17, 15) is 5.11 Å². The summed E-state index contributed by atoms with van der Waals surface area (Å²) in [6.07, 6.45) is 0. The Kier molecular flexibility index (Phi) is 2.88. The number of hydrogen-bond acceptors (Lipinski definition) is 2. The minimum Gasteiger partial charge on any atom is -0.507 e. The first-order valence-corrected chi connectivity index (χ1v) is 6.43. The molecule has 0 atom stereocenters. The van der Waals surface area contributed by atoms with Crippen molar-refractivity contribution in [2.75, 3.05) is 0 Å². The molecule has 19 heavy (non-hydrogen) atoms. The van der Waals surface area contributed by atoms with Gasteiger partial charge in [0, 0.05) is 17.1 Å². The molecule has 0 saturated heterocycles. The van der Waals surface area contributed by atoms with Gasteiger partial charge in [0.15, 0.2) is 0 Å². The molecule has 5 heteroatoms. The molecule has 2 aromatic carbocycles. The van der Waals surface area contributed by atoms with Crippen molar-refractivity contribution in [1.29, 1.82) is 0 Å². The van der Waals surface area contributed by atoms with Crippen LogP contribution in [0.2, 0.25) is 10.0 Å². The number of rotatable bonds is 1. The topological polar surface area (TPSA) is 38.0 Å². The predicted octanol–water partition coefficient (Wildman–Crippen LogP) is 4.25. The lowest BCUT2D eigenvalue weighted by molar-refractivity contribution is 0.476. The van der Waals surface area contributed by atoms with Gasteiger partial charge in [0.05, 0.1) is 16.6 Å². The Morgan fingerprint density at radius 2 is 1.74 bits per heavy atom. The normalized spacial score (nSPS) is 11.1. The van der Waals surface area contributed by atoms with Crippen LogP contribution in [0.5, 0.6) is 5.75 Å². The van der Waals surface area contributed by atoms with Gasteiger partial charge in [-0.25, -0.2) is 4.98 Å². The quantitative estimate of drug-likeness (QED) is 0.728. The summed E-state index contributed by atoms with van der Waals surface area (Å²) in [4.78, 5) is 4.51. The molecule has 0 aliphatic heterocycles. The van der Waals surface area contributed by atoms with Crippen LogP contribution in [0.1, 0.15) is 0 Å². The van der Waals surface area contributed by atoms with Crippen molar-refractivity contribution in [1.82, 2.24) is 9.55 Å². The van der Waals surface area contributed by atoms with Crippen LogP contribution in [-0.2, 0) is 7.05 Å². The number of phenolic OH excluding ortho intramolecular Hbond substituents is 1. The highest BCUT2D eigenvalue weighted by Gasteiger charge is 2.13. The van der Waals surface area contributed by atoms with Crippen LogP contribution in [0.15, 0.2) is 36.4 Å². The molecule has 0 radical (unpaired) electrons. The largest absolute Gasteiger partial charge is 0.507 e. The lowest BCUT2D eigenvalue weighted by atomic mass is 10.2. The highest BCUT2D eigenvalue weighted by molar-refractivity contribution is 6.31. The van der Waals surface area contributed by atoms with Crippen molar-refractivity contribution in [3.63, 3.8) is 0 Å². The van der Waals surface area contributed by atoms with Crippen molar-refractivity contribution < 1.29 is 5.11 Å². The van der Waals surface area contributed by atoms with E-state index in [1.807, 2.05) is 23.7 Å². The fraction of sp³-hybridized carbons (Fsp3) is 0.0714. The summed E-state index contributed by atoms with van der Waals surface area (Å²) in [5, 5.41) is 11.1. The Bertz CT molecular complexity index is 780. The maximum Gasteiger partial charge on any atom is 0.144 e. The molecule has 0 aliphatic carbocycles. The fourth-order valence-corrected chi connectivity index (χ4v) is 2.44. The third-order valence-corrected chi connectivity index (χ3v) is 3.51. The molecular formula is C14H10Cl2N2O. The Labute approximate surface area is 120 Å². The summed E-state index contributed by atoms with van der Waals surface area (Å²) in [6, 6.07) is 10.5. The van der Waals surface area contributed by atoms with Gasteiger partial charge in [-0.15, -0.1) is 0 Å². The summed E-state index contributed by atoms with van der Waals surface area (Å²) in [6.45, 7) is 0. The molecule has 0 spiro atoms. The molecule has 3 rings (SSSR count). The third-order valence-electron chi connectivity index (χ3n) is 3.04. The smallest absolute Gasteiger partial charge is 0.144 e. The molecule has 0 bridgehead atoms. The van der Waals surface area contributed by atoms with E-state index in [0.29, 0.717) is 21.4 Å². The van der Waals surface area contributed by atoms with Gasteiger partial charge in [0.2, 0.25) is 0 Å². The van der Waals surface area contributed by atoms with Crippen LogP contribution < -0.4 is 0 Å². The zero-order valence-electron chi connectivity index (χ0n) is 10.1. The summed E-state index contributed by atoms with van der Waals surface area (Å²) < 4.78 is 1.91. The molecule has 1 heterocycles. The van der Waals surface area contributed by atoms with Crippen LogP contribution in [0.3, 0.4) is 0 Å². The monoisotopic (exact) mass is 292 g/mol. The number of phenols is 1.